The summed E-state index contributed by atoms with van der Waals surface area (Å²) in [7, 11) is 2.00. The minimum atomic E-state index is 0.699. The highest BCUT2D eigenvalue weighted by Gasteiger charge is 2.19. The molecule has 0 bridgehead atoms. The molecule has 0 aromatic heterocycles. The predicted octanol–water partition coefficient (Wildman–Crippen LogP) is 1.67. The minimum Gasteiger partial charge on any atom is -0.244 e. The number of hydrogen-bond donors (Lipinski definition) is 2. The van der Waals surface area contributed by atoms with Crippen LogP contribution in [0.25, 0.3) is 0 Å². The third-order valence-electron chi connectivity index (χ3n) is 2.71. The fourth-order valence-corrected chi connectivity index (χ4v) is 1.96. The summed E-state index contributed by atoms with van der Waals surface area (Å²) in [6.45, 7) is 3.26. The quantitative estimate of drug-likeness (QED) is 0.638. The summed E-state index contributed by atoms with van der Waals surface area (Å²) in [6.07, 6.45) is 8.04. The van der Waals surface area contributed by atoms with Crippen LogP contribution in [-0.2, 0) is 0 Å². The normalized spacial score (nSPS) is 19.6. The first-order valence-electron chi connectivity index (χ1n) is 5.58. The maximum Gasteiger partial charge on any atom is 0.0399 e. The van der Waals surface area contributed by atoms with Gasteiger partial charge in [-0.3, -0.25) is 0 Å². The van der Waals surface area contributed by atoms with Crippen molar-refractivity contribution in [3.8, 4) is 0 Å². The van der Waals surface area contributed by atoms with Gasteiger partial charge in [-0.2, -0.15) is 5.12 Å². The maximum atomic E-state index is 3.41. The van der Waals surface area contributed by atoms with Crippen molar-refractivity contribution in [3.63, 3.8) is 0 Å². The Morgan fingerprint density at radius 3 is 2.46 bits per heavy atom. The van der Waals surface area contributed by atoms with E-state index in [1.807, 2.05) is 7.05 Å². The summed E-state index contributed by atoms with van der Waals surface area (Å²) >= 11 is 0. The first-order valence-corrected chi connectivity index (χ1v) is 5.58. The zero-order valence-electron chi connectivity index (χ0n) is 8.97. The van der Waals surface area contributed by atoms with Crippen molar-refractivity contribution >= 4 is 0 Å². The van der Waals surface area contributed by atoms with E-state index in [1.165, 1.54) is 38.5 Å². The molecule has 0 heterocycles. The molecule has 0 aliphatic heterocycles. The smallest absolute Gasteiger partial charge is 0.0399 e. The lowest BCUT2D eigenvalue weighted by molar-refractivity contribution is 0.0486. The molecule has 0 saturated heterocycles. The molecule has 13 heavy (non-hydrogen) atoms. The molecule has 1 fully saturated rings. The monoisotopic (exact) mass is 185 g/mol. The van der Waals surface area contributed by atoms with Gasteiger partial charge >= 0.3 is 0 Å². The van der Waals surface area contributed by atoms with Crippen LogP contribution in [0.2, 0.25) is 0 Å². The molecule has 1 saturated carbocycles. The second-order valence-electron chi connectivity index (χ2n) is 3.79. The van der Waals surface area contributed by atoms with Gasteiger partial charge in [0.1, 0.15) is 0 Å². The van der Waals surface area contributed by atoms with E-state index in [0.29, 0.717) is 6.04 Å². The summed E-state index contributed by atoms with van der Waals surface area (Å²) in [5.74, 6) is 0. The predicted molar refractivity (Wildman–Crippen MR) is 56.1 cm³/mol. The molecule has 0 atom stereocenters. The summed E-state index contributed by atoms with van der Waals surface area (Å²) in [5.41, 5.74) is 6.64. The van der Waals surface area contributed by atoms with Crippen LogP contribution in [0, 0.1) is 0 Å². The van der Waals surface area contributed by atoms with Crippen LogP contribution < -0.4 is 10.9 Å². The molecule has 0 spiro atoms. The zero-order valence-corrected chi connectivity index (χ0v) is 8.97. The second-order valence-corrected chi connectivity index (χ2v) is 3.79. The van der Waals surface area contributed by atoms with E-state index in [4.69, 9.17) is 0 Å². The molecule has 2 N–H and O–H groups in total. The van der Waals surface area contributed by atoms with Gasteiger partial charge in [-0.15, -0.1) is 0 Å². The van der Waals surface area contributed by atoms with Crippen LogP contribution in [0.1, 0.15) is 45.4 Å². The first-order chi connectivity index (χ1) is 6.38. The Bertz CT molecular complexity index is 121. The van der Waals surface area contributed by atoms with E-state index in [9.17, 15) is 0 Å². The zero-order chi connectivity index (χ0) is 9.52. The van der Waals surface area contributed by atoms with Crippen LogP contribution in [0.4, 0.5) is 0 Å². The Hall–Kier alpha value is -0.120. The lowest BCUT2D eigenvalue weighted by Gasteiger charge is -2.33. The topological polar surface area (TPSA) is 27.3 Å². The van der Waals surface area contributed by atoms with Crippen molar-refractivity contribution in [2.24, 2.45) is 0 Å². The highest BCUT2D eigenvalue weighted by Crippen LogP contribution is 2.20. The fraction of sp³-hybridized carbons (Fsp3) is 1.00. The number of rotatable bonds is 5. The Balaban J connectivity index is 2.26. The highest BCUT2D eigenvalue weighted by molar-refractivity contribution is 4.70. The van der Waals surface area contributed by atoms with Gasteiger partial charge in [0.05, 0.1) is 0 Å². The second kappa shape index (κ2) is 6.35. The van der Waals surface area contributed by atoms with Crippen LogP contribution in [-0.4, -0.2) is 24.8 Å². The summed E-state index contributed by atoms with van der Waals surface area (Å²) < 4.78 is 0. The van der Waals surface area contributed by atoms with Gasteiger partial charge in [0.25, 0.3) is 0 Å². The van der Waals surface area contributed by atoms with E-state index >= 15 is 0 Å². The van der Waals surface area contributed by atoms with Crippen molar-refractivity contribution in [2.75, 3.05) is 13.6 Å². The van der Waals surface area contributed by atoms with Crippen LogP contribution in [0.3, 0.4) is 0 Å². The van der Waals surface area contributed by atoms with Gasteiger partial charge in [-0.1, -0.05) is 26.2 Å². The van der Waals surface area contributed by atoms with Gasteiger partial charge in [0, 0.05) is 19.6 Å². The van der Waals surface area contributed by atoms with E-state index in [2.05, 4.69) is 22.9 Å². The Kier molecular flexibility index (Phi) is 5.35. The molecule has 0 unspecified atom stereocenters. The van der Waals surface area contributed by atoms with E-state index in [0.717, 1.165) is 6.54 Å². The van der Waals surface area contributed by atoms with E-state index in [1.54, 1.807) is 0 Å². The van der Waals surface area contributed by atoms with E-state index in [-0.39, 0.29) is 0 Å². The standard InChI is InChI=1S/C10H23N3/c1-3-9-12-13(11-2)10-7-5-4-6-8-10/h10-12H,3-9H2,1-2H3. The van der Waals surface area contributed by atoms with Gasteiger partial charge in [0.15, 0.2) is 0 Å². The SMILES string of the molecule is CCCNN(NC)C1CCCCC1. The van der Waals surface area contributed by atoms with Crippen LogP contribution >= 0.6 is 0 Å². The summed E-state index contributed by atoms with van der Waals surface area (Å²) in [5, 5.41) is 2.20. The highest BCUT2D eigenvalue weighted by atomic mass is 15.7. The van der Waals surface area contributed by atoms with Gasteiger partial charge in [-0.05, 0) is 19.3 Å². The molecule has 0 aromatic rings. The van der Waals surface area contributed by atoms with E-state index < -0.39 is 0 Å². The molecular weight excluding hydrogens is 162 g/mol. The maximum absolute atomic E-state index is 3.41. The molecule has 1 aliphatic rings. The Morgan fingerprint density at radius 2 is 1.92 bits per heavy atom. The Labute approximate surface area is 81.8 Å². The molecule has 0 amide bonds. The molecular formula is C10H23N3. The number of hydrazine groups is 2. The molecule has 0 aromatic carbocycles. The summed E-state index contributed by atoms with van der Waals surface area (Å²) in [4.78, 5) is 0. The number of nitrogens with one attached hydrogen (secondary N) is 2. The van der Waals surface area contributed by atoms with Gasteiger partial charge < -0.3 is 0 Å². The average molecular weight is 185 g/mol. The molecule has 1 aliphatic carbocycles. The average Bonchev–Trinajstić information content (AvgIpc) is 2.21. The third-order valence-corrected chi connectivity index (χ3v) is 2.71. The minimum absolute atomic E-state index is 0.699. The van der Waals surface area contributed by atoms with Crippen molar-refractivity contribution in [2.45, 2.75) is 51.5 Å². The number of nitrogens with zero attached hydrogens (tertiary/aromatic N) is 1. The molecule has 1 rings (SSSR count). The third kappa shape index (κ3) is 3.63. The fourth-order valence-electron chi connectivity index (χ4n) is 1.96. The lowest BCUT2D eigenvalue weighted by atomic mass is 9.96. The van der Waals surface area contributed by atoms with Gasteiger partial charge in [-0.25, -0.2) is 10.9 Å². The summed E-state index contributed by atoms with van der Waals surface area (Å²) in [6, 6.07) is 0.699. The van der Waals surface area contributed by atoms with Crippen LogP contribution in [0.5, 0.6) is 0 Å². The lowest BCUT2D eigenvalue weighted by Crippen LogP contribution is -2.53. The van der Waals surface area contributed by atoms with Crippen molar-refractivity contribution in [1.29, 1.82) is 0 Å². The van der Waals surface area contributed by atoms with Crippen molar-refractivity contribution in [3.05, 3.63) is 0 Å². The molecule has 78 valence electrons. The molecule has 3 heteroatoms. The van der Waals surface area contributed by atoms with Gasteiger partial charge in [0.2, 0.25) is 0 Å². The van der Waals surface area contributed by atoms with Crippen molar-refractivity contribution in [1.82, 2.24) is 16.0 Å². The van der Waals surface area contributed by atoms with Crippen LogP contribution in [0.15, 0.2) is 0 Å². The number of hydrogen-bond acceptors (Lipinski definition) is 3. The molecule has 0 radical (unpaired) electrons. The first kappa shape index (κ1) is 11.0. The molecule has 3 nitrogen and oxygen atoms in total. The largest absolute Gasteiger partial charge is 0.244 e. The van der Waals surface area contributed by atoms with Crippen molar-refractivity contribution < 1.29 is 0 Å². The Morgan fingerprint density at radius 1 is 1.23 bits per heavy atom.